The second kappa shape index (κ2) is 2.70. The van der Waals surface area contributed by atoms with Gasteiger partial charge in [-0.3, -0.25) is 4.79 Å². The standard InChI is InChI=1S/C6H6O7/c7-2-1-6(12,5(10)11)3(13-2)4(8)9/h3,12H,1H2,(H,8,9)(H,10,11)/t3-,6+/m0/s1. The highest BCUT2D eigenvalue weighted by Crippen LogP contribution is 2.27. The molecule has 1 aliphatic heterocycles. The first-order chi connectivity index (χ1) is 5.88. The summed E-state index contributed by atoms with van der Waals surface area (Å²) in [5.41, 5.74) is -2.65. The van der Waals surface area contributed by atoms with Crippen molar-refractivity contribution < 1.29 is 34.4 Å². The summed E-state index contributed by atoms with van der Waals surface area (Å²) in [7, 11) is 0. The molecule has 1 heterocycles. The Morgan fingerprint density at radius 1 is 1.46 bits per heavy atom. The number of carbonyl (C=O) groups excluding carboxylic acids is 1. The average Bonchev–Trinajstić information content (AvgIpc) is 2.27. The molecule has 1 aliphatic rings. The van der Waals surface area contributed by atoms with Crippen molar-refractivity contribution in [3.8, 4) is 0 Å². The molecule has 0 amide bonds. The van der Waals surface area contributed by atoms with Crippen LogP contribution in [-0.4, -0.2) is 44.9 Å². The van der Waals surface area contributed by atoms with Crippen molar-refractivity contribution >= 4 is 17.9 Å². The molecule has 0 aromatic heterocycles. The number of cyclic esters (lactones) is 1. The number of carboxylic acids is 2. The van der Waals surface area contributed by atoms with Crippen LogP contribution in [0.4, 0.5) is 0 Å². The van der Waals surface area contributed by atoms with Gasteiger partial charge in [-0.1, -0.05) is 0 Å². The van der Waals surface area contributed by atoms with E-state index < -0.39 is 36.0 Å². The maximum absolute atomic E-state index is 10.6. The molecule has 1 fully saturated rings. The summed E-state index contributed by atoms with van der Waals surface area (Å²) in [4.78, 5) is 31.4. The fourth-order valence-corrected chi connectivity index (χ4v) is 1.03. The highest BCUT2D eigenvalue weighted by molar-refractivity contribution is 5.95. The molecule has 0 aromatic rings. The molecular weight excluding hydrogens is 184 g/mol. The number of esters is 1. The second-order valence-electron chi connectivity index (χ2n) is 2.61. The van der Waals surface area contributed by atoms with Crippen LogP contribution in [0.25, 0.3) is 0 Å². The zero-order valence-electron chi connectivity index (χ0n) is 6.26. The number of aliphatic hydroxyl groups is 1. The Hall–Kier alpha value is -1.63. The summed E-state index contributed by atoms with van der Waals surface area (Å²) in [6.45, 7) is 0. The van der Waals surface area contributed by atoms with Gasteiger partial charge in [-0.05, 0) is 0 Å². The summed E-state index contributed by atoms with van der Waals surface area (Å²) in [5.74, 6) is -4.51. The van der Waals surface area contributed by atoms with E-state index in [1.807, 2.05) is 0 Å². The Morgan fingerprint density at radius 2 is 2.00 bits per heavy atom. The summed E-state index contributed by atoms with van der Waals surface area (Å²) >= 11 is 0. The SMILES string of the molecule is O=C1C[C@](O)(C(=O)O)[C@H](C(=O)O)O1. The van der Waals surface area contributed by atoms with Crippen molar-refractivity contribution in [2.24, 2.45) is 0 Å². The first-order valence-corrected chi connectivity index (χ1v) is 3.26. The predicted molar refractivity (Wildman–Crippen MR) is 34.7 cm³/mol. The molecule has 7 heteroatoms. The number of hydrogen-bond acceptors (Lipinski definition) is 5. The van der Waals surface area contributed by atoms with Crippen LogP contribution < -0.4 is 0 Å². The van der Waals surface area contributed by atoms with E-state index in [-0.39, 0.29) is 0 Å². The van der Waals surface area contributed by atoms with Crippen LogP contribution in [0, 0.1) is 0 Å². The van der Waals surface area contributed by atoms with Crippen LogP contribution in [0.1, 0.15) is 6.42 Å². The fraction of sp³-hybridized carbons (Fsp3) is 0.500. The van der Waals surface area contributed by atoms with Gasteiger partial charge >= 0.3 is 17.9 Å². The molecular formula is C6H6O7. The van der Waals surface area contributed by atoms with Gasteiger partial charge in [0.25, 0.3) is 0 Å². The van der Waals surface area contributed by atoms with Gasteiger partial charge in [-0.15, -0.1) is 0 Å². The first kappa shape index (κ1) is 9.46. The van der Waals surface area contributed by atoms with E-state index in [9.17, 15) is 19.5 Å². The molecule has 0 aliphatic carbocycles. The molecule has 0 saturated carbocycles. The number of rotatable bonds is 2. The molecule has 0 bridgehead atoms. The van der Waals surface area contributed by atoms with Crippen LogP contribution in [0.2, 0.25) is 0 Å². The lowest BCUT2D eigenvalue weighted by Crippen LogP contribution is -2.49. The van der Waals surface area contributed by atoms with Crippen molar-refractivity contribution in [1.29, 1.82) is 0 Å². The minimum absolute atomic E-state index is 0.848. The normalized spacial score (nSPS) is 32.7. The van der Waals surface area contributed by atoms with Crippen LogP contribution in [-0.2, 0) is 19.1 Å². The van der Waals surface area contributed by atoms with Crippen LogP contribution in [0.15, 0.2) is 0 Å². The number of aliphatic carboxylic acids is 2. The Labute approximate surface area is 71.5 Å². The molecule has 0 spiro atoms. The van der Waals surface area contributed by atoms with Gasteiger partial charge in [0.05, 0.1) is 6.42 Å². The van der Waals surface area contributed by atoms with Crippen molar-refractivity contribution in [2.45, 2.75) is 18.1 Å². The number of carbonyl (C=O) groups is 3. The monoisotopic (exact) mass is 190 g/mol. The first-order valence-electron chi connectivity index (χ1n) is 3.26. The third-order valence-corrected chi connectivity index (χ3v) is 1.69. The molecule has 72 valence electrons. The molecule has 13 heavy (non-hydrogen) atoms. The highest BCUT2D eigenvalue weighted by Gasteiger charge is 2.58. The molecule has 0 unspecified atom stereocenters. The van der Waals surface area contributed by atoms with E-state index in [0.29, 0.717) is 0 Å². The maximum atomic E-state index is 10.6. The number of ether oxygens (including phenoxy) is 1. The quantitative estimate of drug-likeness (QED) is 0.439. The Balaban J connectivity index is 3.01. The van der Waals surface area contributed by atoms with Gasteiger partial charge < -0.3 is 20.1 Å². The van der Waals surface area contributed by atoms with Gasteiger partial charge in [-0.25, -0.2) is 9.59 Å². The maximum Gasteiger partial charge on any atom is 0.348 e. The van der Waals surface area contributed by atoms with Crippen LogP contribution in [0.5, 0.6) is 0 Å². The van der Waals surface area contributed by atoms with Crippen LogP contribution in [0.3, 0.4) is 0 Å². The topological polar surface area (TPSA) is 121 Å². The second-order valence-corrected chi connectivity index (χ2v) is 2.61. The van der Waals surface area contributed by atoms with Gasteiger partial charge in [0.2, 0.25) is 11.7 Å². The lowest BCUT2D eigenvalue weighted by Gasteiger charge is -2.18. The zero-order valence-corrected chi connectivity index (χ0v) is 6.26. The summed E-state index contributed by atoms with van der Waals surface area (Å²) in [6, 6.07) is 0. The summed E-state index contributed by atoms with van der Waals surface area (Å²) < 4.78 is 4.13. The minimum atomic E-state index is -2.65. The van der Waals surface area contributed by atoms with Crippen molar-refractivity contribution in [2.75, 3.05) is 0 Å². The molecule has 0 radical (unpaired) electrons. The van der Waals surface area contributed by atoms with E-state index in [1.165, 1.54) is 0 Å². The summed E-state index contributed by atoms with van der Waals surface area (Å²) in [5, 5.41) is 26.1. The van der Waals surface area contributed by atoms with Crippen molar-refractivity contribution in [1.82, 2.24) is 0 Å². The van der Waals surface area contributed by atoms with E-state index in [2.05, 4.69) is 4.74 Å². The summed E-state index contributed by atoms with van der Waals surface area (Å²) in [6.07, 6.45) is -2.88. The molecule has 1 rings (SSSR count). The fourth-order valence-electron chi connectivity index (χ4n) is 1.03. The average molecular weight is 190 g/mol. The van der Waals surface area contributed by atoms with E-state index in [0.717, 1.165) is 0 Å². The molecule has 2 atom stereocenters. The van der Waals surface area contributed by atoms with E-state index in [4.69, 9.17) is 10.2 Å². The lowest BCUT2D eigenvalue weighted by atomic mass is 9.96. The minimum Gasteiger partial charge on any atom is -0.479 e. The molecule has 7 nitrogen and oxygen atoms in total. The Bertz CT molecular complexity index is 283. The smallest absolute Gasteiger partial charge is 0.348 e. The zero-order chi connectivity index (χ0) is 10.2. The van der Waals surface area contributed by atoms with Gasteiger partial charge in [0.1, 0.15) is 0 Å². The number of carboxylic acid groups (broad SMARTS) is 2. The van der Waals surface area contributed by atoms with Gasteiger partial charge in [0, 0.05) is 0 Å². The molecule has 0 aromatic carbocycles. The van der Waals surface area contributed by atoms with Crippen LogP contribution >= 0.6 is 0 Å². The lowest BCUT2D eigenvalue weighted by molar-refractivity contribution is -0.176. The Morgan fingerprint density at radius 3 is 2.31 bits per heavy atom. The van der Waals surface area contributed by atoms with Crippen molar-refractivity contribution in [3.63, 3.8) is 0 Å². The van der Waals surface area contributed by atoms with E-state index in [1.54, 1.807) is 0 Å². The third kappa shape index (κ3) is 1.33. The van der Waals surface area contributed by atoms with E-state index >= 15 is 0 Å². The third-order valence-electron chi connectivity index (χ3n) is 1.69. The highest BCUT2D eigenvalue weighted by atomic mass is 16.6. The largest absolute Gasteiger partial charge is 0.479 e. The predicted octanol–water partition coefficient (Wildman–Crippen LogP) is -1.80. The molecule has 3 N–H and O–H groups in total. The number of hydrogen-bond donors (Lipinski definition) is 3. The van der Waals surface area contributed by atoms with Gasteiger partial charge in [0.15, 0.2) is 0 Å². The van der Waals surface area contributed by atoms with Gasteiger partial charge in [-0.2, -0.15) is 0 Å². The molecule has 1 saturated heterocycles. The van der Waals surface area contributed by atoms with Crippen molar-refractivity contribution in [3.05, 3.63) is 0 Å². The Kier molecular flexibility index (Phi) is 1.96.